The average molecular weight is 507 g/mol. The fourth-order valence-corrected chi connectivity index (χ4v) is 4.20. The van der Waals surface area contributed by atoms with E-state index in [9.17, 15) is 9.59 Å². The molecule has 0 spiro atoms. The molecule has 0 bridgehead atoms. The van der Waals surface area contributed by atoms with Gasteiger partial charge >= 0.3 is 6.09 Å². The number of carbonyl (C=O) groups is 2. The minimum Gasteiger partial charge on any atom is -0.445 e. The topological polar surface area (TPSA) is 76.7 Å². The number of hydroxylamine groups is 1. The molecule has 6 nitrogen and oxygen atoms in total. The van der Waals surface area contributed by atoms with Crippen molar-refractivity contribution in [1.29, 1.82) is 0 Å². The van der Waals surface area contributed by atoms with Crippen LogP contribution in [0.4, 0.5) is 4.79 Å². The summed E-state index contributed by atoms with van der Waals surface area (Å²) in [6.07, 6.45) is 1.03. The predicted octanol–water partition coefficient (Wildman–Crippen LogP) is 5.90. The zero-order chi connectivity index (χ0) is 26.6. The summed E-state index contributed by atoms with van der Waals surface area (Å²) in [6, 6.07) is 37.4. The Morgan fingerprint density at radius 2 is 1.18 bits per heavy atom. The van der Waals surface area contributed by atoms with Gasteiger partial charge in [0.15, 0.2) is 5.60 Å². The number of benzene rings is 4. The van der Waals surface area contributed by atoms with Gasteiger partial charge in [-0.2, -0.15) is 0 Å². The summed E-state index contributed by atoms with van der Waals surface area (Å²) in [7, 11) is 0. The third-order valence-corrected chi connectivity index (χ3v) is 6.07. The number of hydrogen-bond donors (Lipinski definition) is 2. The number of rotatable bonds is 11. The molecule has 4 aromatic rings. The van der Waals surface area contributed by atoms with Crippen molar-refractivity contribution < 1.29 is 19.2 Å². The van der Waals surface area contributed by atoms with E-state index in [1.165, 1.54) is 0 Å². The van der Waals surface area contributed by atoms with Crippen LogP contribution in [0, 0.1) is 0 Å². The minimum absolute atomic E-state index is 0.0880. The van der Waals surface area contributed by atoms with Gasteiger partial charge in [0.05, 0.1) is 0 Å². The Balaban J connectivity index is 1.57. The van der Waals surface area contributed by atoms with Gasteiger partial charge in [-0.25, -0.2) is 10.3 Å². The van der Waals surface area contributed by atoms with E-state index >= 15 is 0 Å². The molecule has 38 heavy (non-hydrogen) atoms. The summed E-state index contributed by atoms with van der Waals surface area (Å²) in [5.41, 5.74) is 4.80. The van der Waals surface area contributed by atoms with Gasteiger partial charge in [0.2, 0.25) is 0 Å². The molecule has 4 aromatic carbocycles. The zero-order valence-electron chi connectivity index (χ0n) is 21.0. The molecule has 192 valence electrons. The molecule has 0 saturated carbocycles. The van der Waals surface area contributed by atoms with Crippen molar-refractivity contribution in [3.63, 3.8) is 0 Å². The van der Waals surface area contributed by atoms with Gasteiger partial charge in [-0.05, 0) is 28.7 Å². The molecule has 0 saturated heterocycles. The number of alkyl carbamates (subject to hydrolysis) is 1. The van der Waals surface area contributed by atoms with E-state index in [4.69, 9.17) is 9.57 Å². The summed E-state index contributed by atoms with van der Waals surface area (Å²) in [5, 5.41) is 2.62. The first-order chi connectivity index (χ1) is 18.6. The van der Waals surface area contributed by atoms with Crippen LogP contribution in [-0.4, -0.2) is 18.0 Å². The zero-order valence-corrected chi connectivity index (χ0v) is 21.0. The van der Waals surface area contributed by atoms with E-state index in [2.05, 4.69) is 17.4 Å². The Labute approximate surface area is 222 Å². The predicted molar refractivity (Wildman–Crippen MR) is 147 cm³/mol. The third kappa shape index (κ3) is 6.35. The Morgan fingerprint density at radius 3 is 1.63 bits per heavy atom. The number of amides is 2. The number of carbonyl (C=O) groups excluding carboxylic acids is 2. The maximum atomic E-state index is 13.3. The monoisotopic (exact) mass is 506 g/mol. The van der Waals surface area contributed by atoms with Gasteiger partial charge in [-0.15, -0.1) is 6.58 Å². The average Bonchev–Trinajstić information content (AvgIpc) is 2.98. The molecule has 6 heteroatoms. The maximum absolute atomic E-state index is 13.3. The van der Waals surface area contributed by atoms with Crippen LogP contribution in [0.5, 0.6) is 0 Å². The van der Waals surface area contributed by atoms with E-state index in [1.807, 2.05) is 121 Å². The smallest absolute Gasteiger partial charge is 0.408 e. The summed E-state index contributed by atoms with van der Waals surface area (Å²) >= 11 is 0. The third-order valence-electron chi connectivity index (χ3n) is 6.07. The Morgan fingerprint density at radius 1 is 0.737 bits per heavy atom. The first-order valence-corrected chi connectivity index (χ1v) is 12.4. The van der Waals surface area contributed by atoms with Crippen LogP contribution in [0.2, 0.25) is 0 Å². The second kappa shape index (κ2) is 13.0. The molecular formula is C32H30N2O4. The highest BCUT2D eigenvalue weighted by molar-refractivity contribution is 5.85. The summed E-state index contributed by atoms with van der Waals surface area (Å²) in [4.78, 5) is 32.2. The molecule has 1 unspecified atom stereocenters. The standard InChI is InChI=1S/C32H30N2O4/c1-2-15-29(33-31(36)37-24-25-16-7-3-8-17-25)30(35)34-38-32(26-18-9-4-10-19-26,27-20-11-5-12-21-27)28-22-13-6-14-23-28/h2-14,16-23,29H,1,15,24H2,(H,33,36)(H,34,35). The number of ether oxygens (including phenoxy) is 1. The highest BCUT2D eigenvalue weighted by Crippen LogP contribution is 2.39. The second-order valence-electron chi connectivity index (χ2n) is 8.63. The molecule has 0 aliphatic carbocycles. The van der Waals surface area contributed by atoms with E-state index in [-0.39, 0.29) is 13.0 Å². The Kier molecular flexibility index (Phi) is 9.05. The first kappa shape index (κ1) is 26.4. The normalized spacial score (nSPS) is 11.7. The first-order valence-electron chi connectivity index (χ1n) is 12.4. The van der Waals surface area contributed by atoms with Gasteiger partial charge in [0.25, 0.3) is 5.91 Å². The van der Waals surface area contributed by atoms with E-state index in [0.29, 0.717) is 0 Å². The van der Waals surface area contributed by atoms with Gasteiger partial charge in [0, 0.05) is 0 Å². The van der Waals surface area contributed by atoms with Crippen LogP contribution < -0.4 is 10.8 Å². The van der Waals surface area contributed by atoms with Crippen molar-refractivity contribution >= 4 is 12.0 Å². The van der Waals surface area contributed by atoms with E-state index < -0.39 is 23.6 Å². The minimum atomic E-state index is -1.15. The van der Waals surface area contributed by atoms with Crippen molar-refractivity contribution in [1.82, 2.24) is 10.8 Å². The summed E-state index contributed by atoms with van der Waals surface area (Å²) in [6.45, 7) is 3.81. The lowest BCUT2D eigenvalue weighted by Gasteiger charge is -2.35. The van der Waals surface area contributed by atoms with Crippen LogP contribution in [0.25, 0.3) is 0 Å². The quantitative estimate of drug-likeness (QED) is 0.151. The number of nitrogens with one attached hydrogen (secondary N) is 2. The van der Waals surface area contributed by atoms with E-state index in [1.54, 1.807) is 6.08 Å². The lowest BCUT2D eigenvalue weighted by atomic mass is 9.80. The van der Waals surface area contributed by atoms with E-state index in [0.717, 1.165) is 22.3 Å². The summed E-state index contributed by atoms with van der Waals surface area (Å²) in [5.74, 6) is -0.534. The van der Waals surface area contributed by atoms with Gasteiger partial charge in [-0.1, -0.05) is 127 Å². The summed E-state index contributed by atoms with van der Waals surface area (Å²) < 4.78 is 5.30. The molecule has 2 N–H and O–H groups in total. The van der Waals surface area contributed by atoms with Gasteiger partial charge in [0.1, 0.15) is 12.6 Å². The molecule has 0 radical (unpaired) electrons. The van der Waals surface area contributed by atoms with Crippen LogP contribution in [0.3, 0.4) is 0 Å². The Hall–Kier alpha value is -4.68. The van der Waals surface area contributed by atoms with Crippen molar-refractivity contribution in [3.05, 3.63) is 156 Å². The van der Waals surface area contributed by atoms with Gasteiger partial charge < -0.3 is 10.1 Å². The molecular weight excluding hydrogens is 476 g/mol. The molecule has 0 aliphatic rings. The van der Waals surface area contributed by atoms with Crippen LogP contribution in [-0.2, 0) is 26.6 Å². The molecule has 0 aromatic heterocycles. The van der Waals surface area contributed by atoms with Crippen LogP contribution in [0.1, 0.15) is 28.7 Å². The lowest BCUT2D eigenvalue weighted by molar-refractivity contribution is -0.145. The maximum Gasteiger partial charge on any atom is 0.408 e. The second-order valence-corrected chi connectivity index (χ2v) is 8.63. The molecule has 1 atom stereocenters. The highest BCUT2D eigenvalue weighted by atomic mass is 16.7. The largest absolute Gasteiger partial charge is 0.445 e. The molecule has 2 amide bonds. The van der Waals surface area contributed by atoms with Crippen molar-refractivity contribution in [2.45, 2.75) is 24.7 Å². The Bertz CT molecular complexity index is 1220. The molecule has 0 heterocycles. The lowest BCUT2D eigenvalue weighted by Crippen LogP contribution is -2.49. The molecule has 0 fully saturated rings. The molecule has 4 rings (SSSR count). The van der Waals surface area contributed by atoms with Gasteiger partial charge in [-0.3, -0.25) is 9.63 Å². The highest BCUT2D eigenvalue weighted by Gasteiger charge is 2.39. The fourth-order valence-electron chi connectivity index (χ4n) is 4.20. The van der Waals surface area contributed by atoms with Crippen LogP contribution in [0.15, 0.2) is 134 Å². The van der Waals surface area contributed by atoms with Crippen LogP contribution >= 0.6 is 0 Å². The number of hydrogen-bond acceptors (Lipinski definition) is 4. The van der Waals surface area contributed by atoms with Crippen molar-refractivity contribution in [2.24, 2.45) is 0 Å². The van der Waals surface area contributed by atoms with Crippen molar-refractivity contribution in [2.75, 3.05) is 0 Å². The van der Waals surface area contributed by atoms with Crippen molar-refractivity contribution in [3.8, 4) is 0 Å². The fraction of sp³-hybridized carbons (Fsp3) is 0.125. The SMILES string of the molecule is C=CCC(NC(=O)OCc1ccccc1)C(=O)NOC(c1ccccc1)(c1ccccc1)c1ccccc1. The molecule has 0 aliphatic heterocycles.